The smallest absolute Gasteiger partial charge is 0.260 e. The SMILES string of the molecule is CNc1ncc2cc(-c3c(Cl)c(OC)cc(OC)c3Cl)c(=O)n(C(C)c3cccc(CC(=O)/C=C/CN(C)C)c3)c2n1. The van der Waals surface area contributed by atoms with Gasteiger partial charge in [-0.1, -0.05) is 53.5 Å². The van der Waals surface area contributed by atoms with E-state index >= 15 is 0 Å². The Balaban J connectivity index is 1.89. The van der Waals surface area contributed by atoms with Gasteiger partial charge in [-0.3, -0.25) is 14.2 Å². The van der Waals surface area contributed by atoms with Gasteiger partial charge in [-0.2, -0.15) is 4.98 Å². The number of nitrogens with one attached hydrogen (secondary N) is 1. The van der Waals surface area contributed by atoms with E-state index in [1.54, 1.807) is 36.0 Å². The van der Waals surface area contributed by atoms with Crippen molar-refractivity contribution < 1.29 is 14.3 Å². The number of likely N-dealkylation sites (N-methyl/N-ethyl adjacent to an activating group) is 1. The van der Waals surface area contributed by atoms with Gasteiger partial charge in [0, 0.05) is 43.2 Å². The number of anilines is 1. The maximum atomic E-state index is 14.4. The Hall–Kier alpha value is -3.92. The molecule has 0 spiro atoms. The quantitative estimate of drug-likeness (QED) is 0.217. The first kappa shape index (κ1) is 31.0. The molecule has 1 atom stereocenters. The minimum atomic E-state index is -0.482. The second-order valence-corrected chi connectivity index (χ2v) is 10.7. The number of aromatic nitrogens is 3. The van der Waals surface area contributed by atoms with Gasteiger partial charge in [-0.25, -0.2) is 4.98 Å². The van der Waals surface area contributed by atoms with Crippen molar-refractivity contribution in [1.82, 2.24) is 19.4 Å². The van der Waals surface area contributed by atoms with Crippen LogP contribution in [-0.4, -0.2) is 67.1 Å². The van der Waals surface area contributed by atoms with Gasteiger partial charge in [-0.05, 0) is 44.3 Å². The molecule has 0 aliphatic carbocycles. The summed E-state index contributed by atoms with van der Waals surface area (Å²) in [6.07, 6.45) is 5.31. The van der Waals surface area contributed by atoms with Crippen molar-refractivity contribution in [3.8, 4) is 22.6 Å². The van der Waals surface area contributed by atoms with Crippen LogP contribution in [0.4, 0.5) is 5.95 Å². The topological polar surface area (TPSA) is 98.6 Å². The summed E-state index contributed by atoms with van der Waals surface area (Å²) >= 11 is 13.5. The summed E-state index contributed by atoms with van der Waals surface area (Å²) in [4.78, 5) is 37.9. The molecule has 2 aromatic heterocycles. The second kappa shape index (κ2) is 13.4. The minimum Gasteiger partial charge on any atom is -0.495 e. The molecule has 4 rings (SSSR count). The largest absolute Gasteiger partial charge is 0.495 e. The van der Waals surface area contributed by atoms with Crippen molar-refractivity contribution in [3.63, 3.8) is 0 Å². The van der Waals surface area contributed by atoms with Crippen LogP contribution in [0.25, 0.3) is 22.2 Å². The highest BCUT2D eigenvalue weighted by molar-refractivity contribution is 6.41. The lowest BCUT2D eigenvalue weighted by Gasteiger charge is -2.21. The number of pyridine rings is 1. The van der Waals surface area contributed by atoms with Gasteiger partial charge in [0.25, 0.3) is 5.56 Å². The van der Waals surface area contributed by atoms with Gasteiger partial charge >= 0.3 is 0 Å². The first-order valence-corrected chi connectivity index (χ1v) is 14.0. The van der Waals surface area contributed by atoms with E-state index in [0.717, 1.165) is 11.1 Å². The summed E-state index contributed by atoms with van der Waals surface area (Å²) in [6.45, 7) is 2.58. The Morgan fingerprint density at radius 3 is 2.43 bits per heavy atom. The lowest BCUT2D eigenvalue weighted by Crippen LogP contribution is -2.27. The number of fused-ring (bicyclic) bond motifs is 1. The first-order chi connectivity index (χ1) is 20.1. The standard InChI is InChI=1S/C31H33Cl2N5O4/c1-18(20-10-7-9-19(13-20)14-22(39)11-8-12-37(3)4)38-29-21(17-35-31(34-2)36-29)15-23(30(38)40)26-27(32)24(41-5)16-25(42-6)28(26)33/h7-11,13,15-18H,12,14H2,1-6H3,(H,34,35,36)/b11-8+. The molecule has 42 heavy (non-hydrogen) atoms. The van der Waals surface area contributed by atoms with E-state index in [1.165, 1.54) is 14.2 Å². The van der Waals surface area contributed by atoms with Crippen molar-refractivity contribution in [3.05, 3.63) is 86.3 Å². The Kier molecular flexibility index (Phi) is 9.88. The fourth-order valence-electron chi connectivity index (χ4n) is 4.67. The summed E-state index contributed by atoms with van der Waals surface area (Å²) in [5, 5.41) is 3.88. The number of benzene rings is 2. The first-order valence-electron chi connectivity index (χ1n) is 13.2. The summed E-state index contributed by atoms with van der Waals surface area (Å²) in [6, 6.07) is 10.4. The molecule has 11 heteroatoms. The van der Waals surface area contributed by atoms with E-state index in [4.69, 9.17) is 32.7 Å². The molecule has 2 heterocycles. The van der Waals surface area contributed by atoms with Crippen LogP contribution in [0.15, 0.2) is 59.5 Å². The summed E-state index contributed by atoms with van der Waals surface area (Å²) in [5.74, 6) is 0.976. The number of hydrogen-bond acceptors (Lipinski definition) is 8. The van der Waals surface area contributed by atoms with Gasteiger partial charge in [0.15, 0.2) is 5.78 Å². The number of carbonyl (C=O) groups is 1. The number of ketones is 1. The van der Waals surface area contributed by atoms with E-state index in [1.807, 2.05) is 56.3 Å². The fraction of sp³-hybridized carbons (Fsp3) is 0.290. The Morgan fingerprint density at radius 1 is 1.12 bits per heavy atom. The highest BCUT2D eigenvalue weighted by Gasteiger charge is 2.25. The van der Waals surface area contributed by atoms with Gasteiger partial charge in [0.2, 0.25) is 5.95 Å². The monoisotopic (exact) mass is 609 g/mol. The van der Waals surface area contributed by atoms with Crippen LogP contribution >= 0.6 is 23.2 Å². The van der Waals surface area contributed by atoms with Crippen LogP contribution in [-0.2, 0) is 11.2 Å². The molecule has 9 nitrogen and oxygen atoms in total. The molecule has 1 N–H and O–H groups in total. The molecule has 4 aromatic rings. The number of allylic oxidation sites excluding steroid dienone is 1. The number of nitrogens with zero attached hydrogens (tertiary/aromatic N) is 4. The molecule has 0 amide bonds. The van der Waals surface area contributed by atoms with E-state index in [2.05, 4.69) is 15.3 Å². The Morgan fingerprint density at radius 2 is 1.81 bits per heavy atom. The predicted molar refractivity (Wildman–Crippen MR) is 169 cm³/mol. The summed E-state index contributed by atoms with van der Waals surface area (Å²) < 4.78 is 12.5. The number of rotatable bonds is 11. The normalized spacial score (nSPS) is 12.2. The molecule has 2 aromatic carbocycles. The van der Waals surface area contributed by atoms with Gasteiger partial charge < -0.3 is 19.7 Å². The molecule has 0 aliphatic rings. The third kappa shape index (κ3) is 6.43. The number of carbonyl (C=O) groups excluding carboxylic acids is 1. The van der Waals surface area contributed by atoms with Crippen LogP contribution in [0, 0.1) is 0 Å². The van der Waals surface area contributed by atoms with Crippen molar-refractivity contribution in [2.45, 2.75) is 19.4 Å². The Labute approximate surface area is 254 Å². The zero-order valence-corrected chi connectivity index (χ0v) is 25.9. The number of ether oxygens (including phenoxy) is 2. The third-order valence-electron chi connectivity index (χ3n) is 6.81. The number of methoxy groups -OCH3 is 2. The van der Waals surface area contributed by atoms with Crippen LogP contribution < -0.4 is 20.3 Å². The zero-order chi connectivity index (χ0) is 30.6. The molecule has 0 aliphatic heterocycles. The molecule has 1 unspecified atom stereocenters. The van der Waals surface area contributed by atoms with E-state index in [-0.39, 0.29) is 38.9 Å². The molecule has 0 saturated heterocycles. The molecular weight excluding hydrogens is 577 g/mol. The molecule has 220 valence electrons. The average molecular weight is 611 g/mol. The maximum absolute atomic E-state index is 14.4. The highest BCUT2D eigenvalue weighted by atomic mass is 35.5. The predicted octanol–water partition coefficient (Wildman–Crippen LogP) is 5.66. The minimum absolute atomic E-state index is 0.00562. The summed E-state index contributed by atoms with van der Waals surface area (Å²) in [7, 11) is 8.54. The van der Waals surface area contributed by atoms with E-state index < -0.39 is 6.04 Å². The lowest BCUT2D eigenvalue weighted by atomic mass is 10.00. The van der Waals surface area contributed by atoms with Crippen LogP contribution in [0.5, 0.6) is 11.5 Å². The van der Waals surface area contributed by atoms with Crippen LogP contribution in [0.2, 0.25) is 10.0 Å². The van der Waals surface area contributed by atoms with Gasteiger partial charge in [0.05, 0.1) is 35.9 Å². The van der Waals surface area contributed by atoms with Gasteiger partial charge in [0.1, 0.15) is 17.1 Å². The summed E-state index contributed by atoms with van der Waals surface area (Å²) in [5.41, 5.74) is 2.22. The third-order valence-corrected chi connectivity index (χ3v) is 7.56. The number of halogens is 2. The average Bonchev–Trinajstić information content (AvgIpc) is 2.97. The molecular formula is C31H33Cl2N5O4. The van der Waals surface area contributed by atoms with Crippen LogP contribution in [0.3, 0.4) is 0 Å². The fourth-order valence-corrected chi connectivity index (χ4v) is 5.37. The van der Waals surface area contributed by atoms with Crippen LogP contribution in [0.1, 0.15) is 24.1 Å². The Bertz CT molecular complexity index is 1690. The van der Waals surface area contributed by atoms with Gasteiger partial charge in [-0.15, -0.1) is 0 Å². The maximum Gasteiger partial charge on any atom is 0.260 e. The zero-order valence-electron chi connectivity index (χ0n) is 24.4. The number of hydrogen-bond donors (Lipinski definition) is 1. The molecule has 0 radical (unpaired) electrons. The lowest BCUT2D eigenvalue weighted by molar-refractivity contribution is -0.114. The van der Waals surface area contributed by atoms with Crippen molar-refractivity contribution in [2.24, 2.45) is 0 Å². The van der Waals surface area contributed by atoms with Crippen molar-refractivity contribution in [1.29, 1.82) is 0 Å². The molecule has 0 fully saturated rings. The second-order valence-electron chi connectivity index (χ2n) is 9.97. The van der Waals surface area contributed by atoms with E-state index in [0.29, 0.717) is 35.0 Å². The van der Waals surface area contributed by atoms with Crippen molar-refractivity contribution >= 4 is 46.0 Å². The molecule has 0 bridgehead atoms. The highest BCUT2D eigenvalue weighted by Crippen LogP contribution is 2.45. The van der Waals surface area contributed by atoms with Crippen molar-refractivity contribution in [2.75, 3.05) is 47.2 Å². The van der Waals surface area contributed by atoms with E-state index in [9.17, 15) is 9.59 Å². The molecule has 0 saturated carbocycles.